The van der Waals surface area contributed by atoms with Gasteiger partial charge in [0, 0.05) is 38.4 Å². The molecule has 5 heteroatoms. The van der Waals surface area contributed by atoms with Gasteiger partial charge in [0.05, 0.1) is 12.5 Å². The summed E-state index contributed by atoms with van der Waals surface area (Å²) in [5.74, 6) is 0. The number of aromatic nitrogens is 1. The van der Waals surface area contributed by atoms with Gasteiger partial charge in [0.1, 0.15) is 5.15 Å². The van der Waals surface area contributed by atoms with Gasteiger partial charge >= 0.3 is 0 Å². The second-order valence-corrected chi connectivity index (χ2v) is 4.47. The van der Waals surface area contributed by atoms with Crippen molar-refractivity contribution in [3.05, 3.63) is 29.0 Å². The molecule has 0 aromatic carbocycles. The summed E-state index contributed by atoms with van der Waals surface area (Å²) in [4.78, 5) is 6.41. The Hall–Kier alpha value is -1.15. The van der Waals surface area contributed by atoms with E-state index in [2.05, 4.69) is 21.3 Å². The van der Waals surface area contributed by atoms with Crippen molar-refractivity contribution >= 4 is 11.6 Å². The van der Waals surface area contributed by atoms with Crippen LogP contribution in [0.5, 0.6) is 0 Å². The molecule has 1 aliphatic heterocycles. The summed E-state index contributed by atoms with van der Waals surface area (Å²) in [6.07, 6.45) is 2.26. The fourth-order valence-corrected chi connectivity index (χ4v) is 2.23. The van der Waals surface area contributed by atoms with Gasteiger partial charge in [-0.05, 0) is 11.6 Å². The third-order valence-corrected chi connectivity index (χ3v) is 3.24. The van der Waals surface area contributed by atoms with Crippen LogP contribution < -0.4 is 5.32 Å². The van der Waals surface area contributed by atoms with Crippen molar-refractivity contribution in [2.75, 3.05) is 26.2 Å². The van der Waals surface area contributed by atoms with Gasteiger partial charge in [-0.3, -0.25) is 4.90 Å². The van der Waals surface area contributed by atoms with Crippen molar-refractivity contribution in [3.8, 4) is 6.07 Å². The molecule has 0 unspecified atom stereocenters. The summed E-state index contributed by atoms with van der Waals surface area (Å²) in [6.45, 7) is 3.88. The van der Waals surface area contributed by atoms with E-state index < -0.39 is 0 Å². The molecule has 1 fully saturated rings. The lowest BCUT2D eigenvalue weighted by molar-refractivity contribution is 0.175. The first kappa shape index (κ1) is 12.3. The van der Waals surface area contributed by atoms with Gasteiger partial charge in [-0.15, -0.1) is 0 Å². The molecule has 1 atom stereocenters. The van der Waals surface area contributed by atoms with Crippen LogP contribution in [0.4, 0.5) is 0 Å². The van der Waals surface area contributed by atoms with E-state index in [4.69, 9.17) is 16.9 Å². The van der Waals surface area contributed by atoms with E-state index in [0.29, 0.717) is 11.6 Å². The van der Waals surface area contributed by atoms with Crippen molar-refractivity contribution in [2.24, 2.45) is 0 Å². The van der Waals surface area contributed by atoms with Gasteiger partial charge < -0.3 is 5.32 Å². The Balaban J connectivity index is 2.15. The van der Waals surface area contributed by atoms with E-state index in [9.17, 15) is 0 Å². The SMILES string of the molecule is N#CC[C@@H](c1ccc(Cl)nc1)N1CCNCC1. The van der Waals surface area contributed by atoms with Gasteiger partial charge in [-0.2, -0.15) is 5.26 Å². The molecule has 2 rings (SSSR count). The second kappa shape index (κ2) is 5.97. The molecule has 0 saturated carbocycles. The number of nitrogens with zero attached hydrogens (tertiary/aromatic N) is 3. The second-order valence-electron chi connectivity index (χ2n) is 4.08. The highest BCUT2D eigenvalue weighted by atomic mass is 35.5. The zero-order valence-electron chi connectivity index (χ0n) is 9.56. The van der Waals surface area contributed by atoms with Crippen LogP contribution >= 0.6 is 11.6 Å². The molecular weight excluding hydrogens is 236 g/mol. The van der Waals surface area contributed by atoms with Crippen molar-refractivity contribution in [1.82, 2.24) is 15.2 Å². The third kappa shape index (κ3) is 3.16. The molecule has 1 N–H and O–H groups in total. The Morgan fingerprint density at radius 2 is 2.24 bits per heavy atom. The minimum Gasteiger partial charge on any atom is -0.314 e. The molecule has 0 amide bonds. The average Bonchev–Trinajstić information content (AvgIpc) is 2.38. The molecule has 4 nitrogen and oxygen atoms in total. The maximum atomic E-state index is 8.94. The smallest absolute Gasteiger partial charge is 0.129 e. The van der Waals surface area contributed by atoms with Gasteiger partial charge in [-0.25, -0.2) is 4.98 Å². The van der Waals surface area contributed by atoms with Crippen molar-refractivity contribution in [2.45, 2.75) is 12.5 Å². The first-order valence-electron chi connectivity index (χ1n) is 5.74. The molecule has 0 aliphatic carbocycles. The monoisotopic (exact) mass is 250 g/mol. The highest BCUT2D eigenvalue weighted by Gasteiger charge is 2.21. The topological polar surface area (TPSA) is 52.0 Å². The fraction of sp³-hybridized carbons (Fsp3) is 0.500. The van der Waals surface area contributed by atoms with Crippen LogP contribution in [0.25, 0.3) is 0 Å². The summed E-state index contributed by atoms with van der Waals surface area (Å²) in [7, 11) is 0. The zero-order valence-corrected chi connectivity index (χ0v) is 10.3. The van der Waals surface area contributed by atoms with Crippen LogP contribution in [0.2, 0.25) is 5.15 Å². The van der Waals surface area contributed by atoms with Crippen LogP contribution in [0, 0.1) is 11.3 Å². The van der Waals surface area contributed by atoms with Crippen molar-refractivity contribution < 1.29 is 0 Å². The number of piperazine rings is 1. The molecular formula is C12H15ClN4. The Bertz CT molecular complexity index is 392. The molecule has 17 heavy (non-hydrogen) atoms. The van der Waals surface area contributed by atoms with Gasteiger partial charge in [0.15, 0.2) is 0 Å². The zero-order chi connectivity index (χ0) is 12.1. The number of hydrogen-bond acceptors (Lipinski definition) is 4. The minimum absolute atomic E-state index is 0.131. The lowest BCUT2D eigenvalue weighted by atomic mass is 10.0. The predicted molar refractivity (Wildman–Crippen MR) is 66.7 cm³/mol. The quantitative estimate of drug-likeness (QED) is 0.828. The normalized spacial score (nSPS) is 18.6. The number of nitrogens with one attached hydrogen (secondary N) is 1. The van der Waals surface area contributed by atoms with Crippen LogP contribution in [0.1, 0.15) is 18.0 Å². The third-order valence-electron chi connectivity index (χ3n) is 3.01. The van der Waals surface area contributed by atoms with Gasteiger partial charge in [0.2, 0.25) is 0 Å². The van der Waals surface area contributed by atoms with Crippen molar-refractivity contribution in [3.63, 3.8) is 0 Å². The number of halogens is 1. The summed E-state index contributed by atoms with van der Waals surface area (Å²) in [5, 5.41) is 12.7. The lowest BCUT2D eigenvalue weighted by Gasteiger charge is -2.33. The maximum Gasteiger partial charge on any atom is 0.129 e. The van der Waals surface area contributed by atoms with E-state index in [1.165, 1.54) is 0 Å². The van der Waals surface area contributed by atoms with Gasteiger partial charge in [-0.1, -0.05) is 17.7 Å². The largest absolute Gasteiger partial charge is 0.314 e. The standard InChI is InChI=1S/C12H15ClN4/c13-12-2-1-10(9-16-12)11(3-4-14)17-7-5-15-6-8-17/h1-2,9,11,15H,3,5-8H2/t11-/m0/s1. The first-order valence-corrected chi connectivity index (χ1v) is 6.12. The van der Waals surface area contributed by atoms with E-state index >= 15 is 0 Å². The Kier molecular flexibility index (Phi) is 4.32. The number of nitriles is 1. The van der Waals surface area contributed by atoms with Crippen LogP contribution in [-0.4, -0.2) is 36.1 Å². The first-order chi connectivity index (χ1) is 8.31. The summed E-state index contributed by atoms with van der Waals surface area (Å²) in [5.41, 5.74) is 1.07. The van der Waals surface area contributed by atoms with Crippen LogP contribution in [-0.2, 0) is 0 Å². The highest BCUT2D eigenvalue weighted by Crippen LogP contribution is 2.24. The molecule has 1 saturated heterocycles. The Morgan fingerprint density at radius 1 is 1.47 bits per heavy atom. The van der Waals surface area contributed by atoms with Crippen LogP contribution in [0.3, 0.4) is 0 Å². The molecule has 0 bridgehead atoms. The van der Waals surface area contributed by atoms with E-state index in [0.717, 1.165) is 31.7 Å². The van der Waals surface area contributed by atoms with Crippen molar-refractivity contribution in [1.29, 1.82) is 5.26 Å². The Morgan fingerprint density at radius 3 is 2.82 bits per heavy atom. The van der Waals surface area contributed by atoms with Crippen LogP contribution in [0.15, 0.2) is 18.3 Å². The number of hydrogen-bond donors (Lipinski definition) is 1. The molecule has 0 radical (unpaired) electrons. The summed E-state index contributed by atoms with van der Waals surface area (Å²) in [6, 6.07) is 6.13. The fourth-order valence-electron chi connectivity index (χ4n) is 2.12. The minimum atomic E-state index is 0.131. The molecule has 2 heterocycles. The van der Waals surface area contributed by atoms with E-state index in [1.54, 1.807) is 12.3 Å². The van der Waals surface area contributed by atoms with Gasteiger partial charge in [0.25, 0.3) is 0 Å². The Labute approximate surface area is 106 Å². The number of pyridine rings is 1. The van der Waals surface area contributed by atoms with E-state index in [-0.39, 0.29) is 6.04 Å². The average molecular weight is 251 g/mol. The molecule has 90 valence electrons. The lowest BCUT2D eigenvalue weighted by Crippen LogP contribution is -2.45. The molecule has 1 aromatic rings. The molecule has 0 spiro atoms. The van der Waals surface area contributed by atoms with E-state index in [1.807, 2.05) is 6.07 Å². The summed E-state index contributed by atoms with van der Waals surface area (Å²) < 4.78 is 0. The molecule has 1 aromatic heterocycles. The predicted octanol–water partition coefficient (Wildman–Crippen LogP) is 1.59. The number of rotatable bonds is 3. The highest BCUT2D eigenvalue weighted by molar-refractivity contribution is 6.29. The molecule has 1 aliphatic rings. The summed E-state index contributed by atoms with van der Waals surface area (Å²) >= 11 is 5.78. The maximum absolute atomic E-state index is 8.94.